The Morgan fingerprint density at radius 2 is 1.90 bits per heavy atom. The summed E-state index contributed by atoms with van der Waals surface area (Å²) in [6.45, 7) is 8.31. The Balaban J connectivity index is 3.29. The lowest BCUT2D eigenvalue weighted by molar-refractivity contribution is 0.513. The smallest absolute Gasteiger partial charge is 0.0236 e. The SMILES string of the molecule is C=C[C@@H](CCC)CCCC. The summed E-state index contributed by atoms with van der Waals surface area (Å²) < 4.78 is 0. The van der Waals surface area contributed by atoms with Crippen molar-refractivity contribution in [1.82, 2.24) is 0 Å². The van der Waals surface area contributed by atoms with Crippen molar-refractivity contribution in [3.8, 4) is 0 Å². The van der Waals surface area contributed by atoms with Gasteiger partial charge in [-0.25, -0.2) is 0 Å². The van der Waals surface area contributed by atoms with Gasteiger partial charge in [-0.15, -0.1) is 6.58 Å². The van der Waals surface area contributed by atoms with Gasteiger partial charge in [-0.05, 0) is 18.8 Å². The van der Waals surface area contributed by atoms with Gasteiger partial charge >= 0.3 is 0 Å². The molecule has 1 atom stereocenters. The van der Waals surface area contributed by atoms with E-state index in [1.54, 1.807) is 0 Å². The molecule has 0 N–H and O–H groups in total. The van der Waals surface area contributed by atoms with E-state index in [2.05, 4.69) is 26.5 Å². The van der Waals surface area contributed by atoms with E-state index in [1.165, 1.54) is 32.1 Å². The summed E-state index contributed by atoms with van der Waals surface area (Å²) >= 11 is 0. The number of hydrogen-bond acceptors (Lipinski definition) is 0. The van der Waals surface area contributed by atoms with Crippen molar-refractivity contribution >= 4 is 0 Å². The topological polar surface area (TPSA) is 0 Å². The molecule has 0 aliphatic carbocycles. The molecule has 0 heteroatoms. The van der Waals surface area contributed by atoms with Gasteiger partial charge in [0.05, 0.1) is 0 Å². The van der Waals surface area contributed by atoms with E-state index in [0.29, 0.717) is 0 Å². The third kappa shape index (κ3) is 4.60. The van der Waals surface area contributed by atoms with Crippen molar-refractivity contribution < 1.29 is 0 Å². The largest absolute Gasteiger partial charge is 0.103 e. The molecule has 0 aromatic heterocycles. The van der Waals surface area contributed by atoms with Gasteiger partial charge in [-0.3, -0.25) is 0 Å². The lowest BCUT2D eigenvalue weighted by Gasteiger charge is -2.08. The van der Waals surface area contributed by atoms with E-state index in [9.17, 15) is 0 Å². The van der Waals surface area contributed by atoms with Crippen molar-refractivity contribution in [2.24, 2.45) is 5.92 Å². The molecule has 0 radical (unpaired) electrons. The van der Waals surface area contributed by atoms with Crippen molar-refractivity contribution in [1.29, 1.82) is 0 Å². The Morgan fingerprint density at radius 3 is 2.30 bits per heavy atom. The lowest BCUT2D eigenvalue weighted by atomic mass is 9.98. The summed E-state index contributed by atoms with van der Waals surface area (Å²) in [7, 11) is 0. The van der Waals surface area contributed by atoms with Gasteiger partial charge in [0.25, 0.3) is 0 Å². The minimum atomic E-state index is 0.782. The van der Waals surface area contributed by atoms with E-state index >= 15 is 0 Å². The summed E-state index contributed by atoms with van der Waals surface area (Å²) in [6, 6.07) is 0. The lowest BCUT2D eigenvalue weighted by Crippen LogP contribution is -1.94. The molecule has 0 saturated carbocycles. The van der Waals surface area contributed by atoms with Crippen molar-refractivity contribution in [3.05, 3.63) is 12.7 Å². The molecule has 0 amide bonds. The number of hydrogen-bond donors (Lipinski definition) is 0. The third-order valence-electron chi connectivity index (χ3n) is 1.92. The van der Waals surface area contributed by atoms with E-state index in [1.807, 2.05) is 0 Å². The summed E-state index contributed by atoms with van der Waals surface area (Å²) in [4.78, 5) is 0. The van der Waals surface area contributed by atoms with E-state index in [0.717, 1.165) is 5.92 Å². The first-order valence-electron chi connectivity index (χ1n) is 4.47. The van der Waals surface area contributed by atoms with Crippen molar-refractivity contribution in [3.63, 3.8) is 0 Å². The maximum Gasteiger partial charge on any atom is -0.0236 e. The van der Waals surface area contributed by atoms with Crippen LogP contribution in [0.25, 0.3) is 0 Å². The predicted octanol–water partition coefficient (Wildman–Crippen LogP) is 3.78. The molecule has 0 rings (SSSR count). The monoisotopic (exact) mass is 140 g/mol. The third-order valence-corrected chi connectivity index (χ3v) is 1.92. The minimum Gasteiger partial charge on any atom is -0.103 e. The van der Waals surface area contributed by atoms with Gasteiger partial charge in [0.2, 0.25) is 0 Å². The average Bonchev–Trinajstić information content (AvgIpc) is 1.98. The number of allylic oxidation sites excluding steroid dienone is 1. The van der Waals surface area contributed by atoms with Crippen LogP contribution in [-0.4, -0.2) is 0 Å². The highest BCUT2D eigenvalue weighted by molar-refractivity contribution is 4.77. The maximum atomic E-state index is 3.83. The average molecular weight is 140 g/mol. The van der Waals surface area contributed by atoms with Crippen LogP contribution in [0.4, 0.5) is 0 Å². The van der Waals surface area contributed by atoms with Crippen LogP contribution in [0.3, 0.4) is 0 Å². The molecule has 0 bridgehead atoms. The normalized spacial score (nSPS) is 13.0. The Kier molecular flexibility index (Phi) is 6.68. The molecule has 0 unspecified atom stereocenters. The fourth-order valence-electron chi connectivity index (χ4n) is 1.22. The van der Waals surface area contributed by atoms with Gasteiger partial charge < -0.3 is 0 Å². The highest BCUT2D eigenvalue weighted by Gasteiger charge is 2.00. The first-order valence-corrected chi connectivity index (χ1v) is 4.47. The van der Waals surface area contributed by atoms with Crippen LogP contribution in [0.5, 0.6) is 0 Å². The zero-order chi connectivity index (χ0) is 7.82. The fourth-order valence-corrected chi connectivity index (χ4v) is 1.22. The molecule has 0 aliphatic rings. The Morgan fingerprint density at radius 1 is 1.20 bits per heavy atom. The molecule has 0 saturated heterocycles. The minimum absolute atomic E-state index is 0.782. The maximum absolute atomic E-state index is 3.83. The second kappa shape index (κ2) is 6.85. The number of unbranched alkanes of at least 4 members (excludes halogenated alkanes) is 1. The molecular formula is C10H20. The highest BCUT2D eigenvalue weighted by atomic mass is 14.1. The molecule has 0 aliphatic heterocycles. The molecule has 0 fully saturated rings. The standard InChI is InChI=1S/C10H20/c1-4-7-9-10(6-3)8-5-2/h6,10H,3-5,7-9H2,1-2H3/t10-/m0/s1. The zero-order valence-corrected chi connectivity index (χ0v) is 7.40. The second-order valence-electron chi connectivity index (χ2n) is 2.93. The van der Waals surface area contributed by atoms with Crippen LogP contribution in [0, 0.1) is 5.92 Å². The Hall–Kier alpha value is -0.260. The number of rotatable bonds is 6. The van der Waals surface area contributed by atoms with Crippen LogP contribution in [-0.2, 0) is 0 Å². The van der Waals surface area contributed by atoms with Crippen molar-refractivity contribution in [2.75, 3.05) is 0 Å². The summed E-state index contributed by atoms with van der Waals surface area (Å²) in [6.07, 6.45) is 8.74. The summed E-state index contributed by atoms with van der Waals surface area (Å²) in [5.41, 5.74) is 0. The van der Waals surface area contributed by atoms with Gasteiger partial charge in [0.1, 0.15) is 0 Å². The first kappa shape index (κ1) is 9.74. The molecule has 60 valence electrons. The van der Waals surface area contributed by atoms with E-state index in [4.69, 9.17) is 0 Å². The van der Waals surface area contributed by atoms with Crippen LogP contribution >= 0.6 is 0 Å². The van der Waals surface area contributed by atoms with Crippen LogP contribution in [0.15, 0.2) is 12.7 Å². The van der Waals surface area contributed by atoms with Crippen LogP contribution in [0.1, 0.15) is 46.0 Å². The fraction of sp³-hybridized carbons (Fsp3) is 0.800. The molecule has 10 heavy (non-hydrogen) atoms. The Bertz CT molecular complexity index is 74.1. The molecule has 0 spiro atoms. The second-order valence-corrected chi connectivity index (χ2v) is 2.93. The quantitative estimate of drug-likeness (QED) is 0.492. The van der Waals surface area contributed by atoms with Crippen LogP contribution in [0.2, 0.25) is 0 Å². The van der Waals surface area contributed by atoms with E-state index in [-0.39, 0.29) is 0 Å². The van der Waals surface area contributed by atoms with Crippen molar-refractivity contribution in [2.45, 2.75) is 46.0 Å². The van der Waals surface area contributed by atoms with E-state index < -0.39 is 0 Å². The Labute approximate surface area is 65.3 Å². The van der Waals surface area contributed by atoms with Gasteiger partial charge in [0.15, 0.2) is 0 Å². The molecular weight excluding hydrogens is 120 g/mol. The van der Waals surface area contributed by atoms with Crippen LogP contribution < -0.4 is 0 Å². The summed E-state index contributed by atoms with van der Waals surface area (Å²) in [5.74, 6) is 0.782. The molecule has 0 aromatic rings. The molecule has 0 aromatic carbocycles. The van der Waals surface area contributed by atoms with Gasteiger partial charge in [-0.2, -0.15) is 0 Å². The summed E-state index contributed by atoms with van der Waals surface area (Å²) in [5, 5.41) is 0. The first-order chi connectivity index (χ1) is 4.85. The molecule has 0 heterocycles. The molecule has 0 nitrogen and oxygen atoms in total. The van der Waals surface area contributed by atoms with Gasteiger partial charge in [-0.1, -0.05) is 39.2 Å². The predicted molar refractivity (Wildman–Crippen MR) is 48.1 cm³/mol. The van der Waals surface area contributed by atoms with Gasteiger partial charge in [0, 0.05) is 0 Å². The highest BCUT2D eigenvalue weighted by Crippen LogP contribution is 2.14. The zero-order valence-electron chi connectivity index (χ0n) is 7.40.